The van der Waals surface area contributed by atoms with Crippen LogP contribution in [0.15, 0.2) is 11.5 Å². The molecular formula is C5H9NS2. The van der Waals surface area contributed by atoms with Crippen LogP contribution >= 0.6 is 21.6 Å². The summed E-state index contributed by atoms with van der Waals surface area (Å²) in [4.78, 5) is 0. The van der Waals surface area contributed by atoms with Gasteiger partial charge in [0.1, 0.15) is 0 Å². The van der Waals surface area contributed by atoms with E-state index in [1.165, 1.54) is 0 Å². The van der Waals surface area contributed by atoms with Crippen molar-refractivity contribution in [3.63, 3.8) is 0 Å². The first-order valence-corrected chi connectivity index (χ1v) is 4.90. The summed E-state index contributed by atoms with van der Waals surface area (Å²) < 4.78 is 0. The van der Waals surface area contributed by atoms with E-state index >= 15 is 0 Å². The Labute approximate surface area is 57.5 Å². The summed E-state index contributed by atoms with van der Waals surface area (Å²) in [6, 6.07) is 0. The second-order valence-electron chi connectivity index (χ2n) is 1.64. The van der Waals surface area contributed by atoms with Gasteiger partial charge >= 0.3 is 0 Å². The van der Waals surface area contributed by atoms with Gasteiger partial charge in [-0.15, -0.1) is 0 Å². The standard InChI is InChI=1S/C5H9NS2/c6-3-1-5-2-4-7-8-5/h2,4-5H,1,3,6H2. The van der Waals surface area contributed by atoms with Crippen molar-refractivity contribution in [2.45, 2.75) is 11.7 Å². The summed E-state index contributed by atoms with van der Waals surface area (Å²) in [6.07, 6.45) is 3.33. The van der Waals surface area contributed by atoms with Crippen LogP contribution in [0.2, 0.25) is 0 Å². The third kappa shape index (κ3) is 1.73. The molecule has 1 unspecified atom stereocenters. The van der Waals surface area contributed by atoms with Crippen molar-refractivity contribution in [2.24, 2.45) is 5.73 Å². The van der Waals surface area contributed by atoms with Crippen LogP contribution in [0.4, 0.5) is 0 Å². The van der Waals surface area contributed by atoms with Gasteiger partial charge < -0.3 is 5.73 Å². The summed E-state index contributed by atoms with van der Waals surface area (Å²) in [5.74, 6) is 0. The molecule has 0 aromatic heterocycles. The summed E-state index contributed by atoms with van der Waals surface area (Å²) in [5, 5.41) is 2.82. The largest absolute Gasteiger partial charge is 0.330 e. The maximum absolute atomic E-state index is 5.35. The third-order valence-electron chi connectivity index (χ3n) is 0.979. The van der Waals surface area contributed by atoms with Crippen molar-refractivity contribution in [2.75, 3.05) is 6.54 Å². The second-order valence-corrected chi connectivity index (χ2v) is 4.05. The third-order valence-corrected chi connectivity index (χ3v) is 3.41. The molecule has 1 nitrogen and oxygen atoms in total. The molecule has 3 heteroatoms. The fraction of sp³-hybridized carbons (Fsp3) is 0.600. The molecule has 0 aromatic carbocycles. The lowest BCUT2D eigenvalue weighted by molar-refractivity contribution is 0.874. The smallest absolute Gasteiger partial charge is 0.0354 e. The Kier molecular flexibility index (Phi) is 2.80. The SMILES string of the molecule is NCCC1C=CSS1. The summed E-state index contributed by atoms with van der Waals surface area (Å²) in [5.41, 5.74) is 5.35. The molecule has 0 bridgehead atoms. The van der Waals surface area contributed by atoms with E-state index in [9.17, 15) is 0 Å². The summed E-state index contributed by atoms with van der Waals surface area (Å²) in [6.45, 7) is 0.808. The van der Waals surface area contributed by atoms with Gasteiger partial charge in [0, 0.05) is 5.25 Å². The number of rotatable bonds is 2. The van der Waals surface area contributed by atoms with Gasteiger partial charge in [-0.2, -0.15) is 0 Å². The summed E-state index contributed by atoms with van der Waals surface area (Å²) in [7, 11) is 3.70. The highest BCUT2D eigenvalue weighted by Gasteiger charge is 2.07. The van der Waals surface area contributed by atoms with Gasteiger partial charge in [0.05, 0.1) is 0 Å². The Morgan fingerprint density at radius 3 is 3.00 bits per heavy atom. The predicted octanol–water partition coefficient (Wildman–Crippen LogP) is 1.61. The first kappa shape index (κ1) is 6.52. The van der Waals surface area contributed by atoms with E-state index < -0.39 is 0 Å². The Bertz CT molecular complexity index is 92.4. The van der Waals surface area contributed by atoms with Crippen molar-refractivity contribution in [1.82, 2.24) is 0 Å². The molecule has 0 amide bonds. The minimum Gasteiger partial charge on any atom is -0.330 e. The van der Waals surface area contributed by atoms with Crippen molar-refractivity contribution in [3.05, 3.63) is 11.5 Å². The molecule has 1 aliphatic rings. The van der Waals surface area contributed by atoms with Crippen LogP contribution in [0.5, 0.6) is 0 Å². The van der Waals surface area contributed by atoms with Crippen LogP contribution in [0.25, 0.3) is 0 Å². The minimum absolute atomic E-state index is 0.685. The van der Waals surface area contributed by atoms with Gasteiger partial charge in [-0.05, 0) is 18.4 Å². The lowest BCUT2D eigenvalue weighted by Gasteiger charge is -2.00. The number of hydrogen-bond acceptors (Lipinski definition) is 3. The van der Waals surface area contributed by atoms with E-state index in [2.05, 4.69) is 11.5 Å². The predicted molar refractivity (Wildman–Crippen MR) is 41.8 cm³/mol. The van der Waals surface area contributed by atoms with Gasteiger partial charge in [-0.3, -0.25) is 0 Å². The highest BCUT2D eigenvalue weighted by atomic mass is 33.1. The van der Waals surface area contributed by atoms with Gasteiger partial charge in [0.25, 0.3) is 0 Å². The zero-order chi connectivity index (χ0) is 5.82. The van der Waals surface area contributed by atoms with Crippen molar-refractivity contribution < 1.29 is 0 Å². The zero-order valence-electron chi connectivity index (χ0n) is 4.54. The van der Waals surface area contributed by atoms with Gasteiger partial charge in [0.2, 0.25) is 0 Å². The molecule has 0 fully saturated rings. The monoisotopic (exact) mass is 147 g/mol. The molecule has 1 atom stereocenters. The van der Waals surface area contributed by atoms with Crippen LogP contribution in [0.1, 0.15) is 6.42 Å². The van der Waals surface area contributed by atoms with Crippen molar-refractivity contribution >= 4 is 21.6 Å². The molecule has 1 aliphatic heterocycles. The van der Waals surface area contributed by atoms with Crippen molar-refractivity contribution in [3.8, 4) is 0 Å². The molecule has 0 radical (unpaired) electrons. The normalized spacial score (nSPS) is 26.9. The average Bonchev–Trinajstić information content (AvgIpc) is 2.19. The Morgan fingerprint density at radius 2 is 2.50 bits per heavy atom. The highest BCUT2D eigenvalue weighted by molar-refractivity contribution is 8.78. The first-order valence-electron chi connectivity index (χ1n) is 2.62. The maximum Gasteiger partial charge on any atom is 0.0354 e. The second kappa shape index (κ2) is 3.43. The Hall–Kier alpha value is 0.400. The summed E-state index contributed by atoms with van der Waals surface area (Å²) >= 11 is 0. The van der Waals surface area contributed by atoms with Crippen molar-refractivity contribution in [1.29, 1.82) is 0 Å². The quantitative estimate of drug-likeness (QED) is 0.601. The first-order chi connectivity index (χ1) is 3.93. The fourth-order valence-corrected chi connectivity index (χ4v) is 2.79. The lowest BCUT2D eigenvalue weighted by atomic mass is 10.3. The van der Waals surface area contributed by atoms with Crippen LogP contribution < -0.4 is 5.73 Å². The molecular weight excluding hydrogens is 138 g/mol. The van der Waals surface area contributed by atoms with E-state index in [4.69, 9.17) is 5.73 Å². The van der Waals surface area contributed by atoms with Crippen LogP contribution in [-0.2, 0) is 0 Å². The van der Waals surface area contributed by atoms with Gasteiger partial charge in [-0.1, -0.05) is 27.7 Å². The number of hydrogen-bond donors (Lipinski definition) is 1. The molecule has 2 N–H and O–H groups in total. The maximum atomic E-state index is 5.35. The Morgan fingerprint density at radius 1 is 1.62 bits per heavy atom. The molecule has 0 spiro atoms. The van der Waals surface area contributed by atoms with Crippen LogP contribution in [-0.4, -0.2) is 11.8 Å². The van der Waals surface area contributed by atoms with Gasteiger partial charge in [0.15, 0.2) is 0 Å². The minimum atomic E-state index is 0.685. The highest BCUT2D eigenvalue weighted by Crippen LogP contribution is 2.36. The fourth-order valence-electron chi connectivity index (χ4n) is 0.564. The van der Waals surface area contributed by atoms with E-state index in [0.717, 1.165) is 13.0 Å². The van der Waals surface area contributed by atoms with E-state index in [1.54, 1.807) is 10.8 Å². The van der Waals surface area contributed by atoms with Crippen LogP contribution in [0.3, 0.4) is 0 Å². The molecule has 0 saturated heterocycles. The lowest BCUT2D eigenvalue weighted by Crippen LogP contribution is -2.05. The molecule has 46 valence electrons. The van der Waals surface area contributed by atoms with E-state index in [-0.39, 0.29) is 0 Å². The zero-order valence-corrected chi connectivity index (χ0v) is 6.17. The molecule has 1 heterocycles. The average molecular weight is 147 g/mol. The molecule has 8 heavy (non-hydrogen) atoms. The molecule has 0 aliphatic carbocycles. The van der Waals surface area contributed by atoms with E-state index in [1.807, 2.05) is 10.8 Å². The van der Waals surface area contributed by atoms with E-state index in [0.29, 0.717) is 5.25 Å². The molecule has 1 rings (SSSR count). The molecule has 0 saturated carbocycles. The Balaban J connectivity index is 2.16. The van der Waals surface area contributed by atoms with Crippen LogP contribution in [0, 0.1) is 0 Å². The van der Waals surface area contributed by atoms with Gasteiger partial charge in [-0.25, -0.2) is 0 Å². The number of nitrogens with two attached hydrogens (primary N) is 1. The molecule has 0 aromatic rings. The topological polar surface area (TPSA) is 26.0 Å².